The molecule has 0 radical (unpaired) electrons. The Morgan fingerprint density at radius 1 is 1.04 bits per heavy atom. The van der Waals surface area contributed by atoms with E-state index < -0.39 is 12.8 Å². The highest BCUT2D eigenvalue weighted by Crippen LogP contribution is 2.45. The summed E-state index contributed by atoms with van der Waals surface area (Å²) in [7, 11) is 0. The highest BCUT2D eigenvalue weighted by Gasteiger charge is 2.54. The van der Waals surface area contributed by atoms with Crippen molar-refractivity contribution >= 4 is 76.6 Å². The summed E-state index contributed by atoms with van der Waals surface area (Å²) < 4.78 is 47.4. The van der Waals surface area contributed by atoms with Gasteiger partial charge in [0.1, 0.15) is 5.82 Å². The Kier molecular flexibility index (Phi) is 4.14. The van der Waals surface area contributed by atoms with Gasteiger partial charge in [0.25, 0.3) is 0 Å². The quantitative estimate of drug-likeness (QED) is 0.293. The molecular formula is C15H6BBr3ClF3N2. The van der Waals surface area contributed by atoms with Gasteiger partial charge < -0.3 is 17.6 Å². The van der Waals surface area contributed by atoms with Crippen molar-refractivity contribution in [2.24, 2.45) is 0 Å². The van der Waals surface area contributed by atoms with E-state index in [2.05, 4.69) is 47.8 Å². The number of hydrogen-bond donors (Lipinski definition) is 0. The van der Waals surface area contributed by atoms with E-state index in [1.807, 2.05) is 0 Å². The minimum absolute atomic E-state index is 0.0704. The second-order valence-corrected chi connectivity index (χ2v) is 8.39. The molecule has 4 rings (SSSR count). The molecule has 2 aliphatic rings. The summed E-state index contributed by atoms with van der Waals surface area (Å²) in [6.07, 6.45) is 3.03. The van der Waals surface area contributed by atoms with Crippen LogP contribution < -0.4 is 0 Å². The molecule has 1 aromatic carbocycles. The van der Waals surface area contributed by atoms with E-state index >= 15 is 8.63 Å². The van der Waals surface area contributed by atoms with Gasteiger partial charge in [-0.1, -0.05) is 11.6 Å². The van der Waals surface area contributed by atoms with Crippen LogP contribution >= 0.6 is 59.4 Å². The predicted molar refractivity (Wildman–Crippen MR) is 104 cm³/mol. The fraction of sp³-hybridized carbons (Fsp3) is 0. The zero-order valence-corrected chi connectivity index (χ0v) is 17.6. The van der Waals surface area contributed by atoms with Crippen molar-refractivity contribution in [2.75, 3.05) is 0 Å². The Labute approximate surface area is 171 Å². The molecule has 0 saturated carbocycles. The lowest BCUT2D eigenvalue weighted by Gasteiger charge is -2.32. The van der Waals surface area contributed by atoms with Crippen molar-refractivity contribution in [2.45, 2.75) is 0 Å². The fourth-order valence-electron chi connectivity index (χ4n) is 3.14. The van der Waals surface area contributed by atoms with Gasteiger partial charge in [0, 0.05) is 39.3 Å². The lowest BCUT2D eigenvalue weighted by molar-refractivity contribution is -0.358. The molecule has 0 fully saturated rings. The Balaban J connectivity index is 2.18. The molecule has 1 aromatic heterocycles. The first-order chi connectivity index (χ1) is 11.7. The molecule has 0 amide bonds. The Morgan fingerprint density at radius 3 is 2.48 bits per heavy atom. The maximum Gasteiger partial charge on any atom is 0.738 e. The average molecular weight is 557 g/mol. The zero-order valence-electron chi connectivity index (χ0n) is 12.1. The normalized spacial score (nSPS) is 18.0. The number of aromatic nitrogens is 1. The molecule has 2 aliphatic heterocycles. The van der Waals surface area contributed by atoms with Crippen LogP contribution in [0.3, 0.4) is 0 Å². The van der Waals surface area contributed by atoms with Gasteiger partial charge in [0.2, 0.25) is 4.62 Å². The molecule has 0 atom stereocenters. The maximum atomic E-state index is 15.1. The van der Waals surface area contributed by atoms with Crippen LogP contribution in [-0.4, -0.2) is 20.6 Å². The summed E-state index contributed by atoms with van der Waals surface area (Å²) in [5.41, 5.74) is 0.747. The number of nitrogens with zero attached hydrogens (tertiary/aromatic N) is 2. The molecule has 2 aromatic rings. The summed E-state index contributed by atoms with van der Waals surface area (Å²) in [5.74, 6) is -0.604. The minimum Gasteiger partial charge on any atom is -0.389 e. The molecule has 25 heavy (non-hydrogen) atoms. The van der Waals surface area contributed by atoms with E-state index in [9.17, 15) is 4.39 Å². The Bertz CT molecular complexity index is 1040. The molecule has 0 unspecified atom stereocenters. The van der Waals surface area contributed by atoms with E-state index in [0.717, 1.165) is 8.96 Å². The molecule has 128 valence electrons. The number of hydrogen-bond acceptors (Lipinski definition) is 0. The topological polar surface area (TPSA) is 7.94 Å². The largest absolute Gasteiger partial charge is 0.738 e. The molecule has 0 aliphatic carbocycles. The number of benzene rings is 1. The van der Waals surface area contributed by atoms with Gasteiger partial charge >= 0.3 is 6.97 Å². The van der Waals surface area contributed by atoms with Crippen LogP contribution in [0.25, 0.3) is 5.57 Å². The first-order valence-electron chi connectivity index (χ1n) is 7.02. The van der Waals surface area contributed by atoms with Gasteiger partial charge in [-0.2, -0.15) is 0 Å². The van der Waals surface area contributed by atoms with Crippen LogP contribution in [-0.2, 0) is 0 Å². The van der Waals surface area contributed by atoms with Gasteiger partial charge in [-0.05, 0) is 56.1 Å². The maximum absolute atomic E-state index is 15.1. The summed E-state index contributed by atoms with van der Waals surface area (Å²) in [6.45, 7) is -4.15. The van der Waals surface area contributed by atoms with Crippen LogP contribution in [0.5, 0.6) is 0 Å². The average Bonchev–Trinajstić information content (AvgIpc) is 3.11. The van der Waals surface area contributed by atoms with Crippen molar-refractivity contribution in [1.29, 1.82) is 0 Å². The number of rotatable bonds is 1. The predicted octanol–water partition coefficient (Wildman–Crippen LogP) is 6.18. The van der Waals surface area contributed by atoms with Crippen molar-refractivity contribution in [3.8, 4) is 0 Å². The van der Waals surface area contributed by atoms with Crippen LogP contribution in [0.15, 0.2) is 51.2 Å². The summed E-state index contributed by atoms with van der Waals surface area (Å²) in [6, 6.07) is 6.04. The van der Waals surface area contributed by atoms with Crippen LogP contribution in [0.2, 0.25) is 5.02 Å². The van der Waals surface area contributed by atoms with Gasteiger partial charge in [0.05, 0.1) is 19.7 Å². The first-order valence-corrected chi connectivity index (χ1v) is 9.78. The van der Waals surface area contributed by atoms with Crippen LogP contribution in [0.1, 0.15) is 11.3 Å². The summed E-state index contributed by atoms with van der Waals surface area (Å²) >= 11 is 15.7. The van der Waals surface area contributed by atoms with Crippen LogP contribution in [0, 0.1) is 5.82 Å². The fourth-order valence-corrected chi connectivity index (χ4v) is 4.85. The minimum atomic E-state index is -4.15. The van der Waals surface area contributed by atoms with Gasteiger partial charge in [-0.15, -0.1) is 0 Å². The third-order valence-electron chi connectivity index (χ3n) is 4.16. The molecule has 0 N–H and O–H groups in total. The second-order valence-electron chi connectivity index (χ2n) is 5.50. The highest BCUT2D eigenvalue weighted by molar-refractivity contribution is 9.18. The Morgan fingerprint density at radius 2 is 1.76 bits per heavy atom. The lowest BCUT2D eigenvalue weighted by Crippen LogP contribution is -2.50. The molecule has 0 spiro atoms. The van der Waals surface area contributed by atoms with E-state index in [1.165, 1.54) is 36.4 Å². The third-order valence-corrected chi connectivity index (χ3v) is 6.38. The van der Waals surface area contributed by atoms with Gasteiger partial charge in [0.15, 0.2) is 5.70 Å². The van der Waals surface area contributed by atoms with Gasteiger partial charge in [-0.3, -0.25) is 0 Å². The van der Waals surface area contributed by atoms with Crippen molar-refractivity contribution in [3.63, 3.8) is 0 Å². The highest BCUT2D eigenvalue weighted by atomic mass is 79.9. The molecule has 2 nitrogen and oxygen atoms in total. The zero-order chi connectivity index (χ0) is 18.1. The third kappa shape index (κ3) is 2.39. The summed E-state index contributed by atoms with van der Waals surface area (Å²) in [4.78, 5) is 0. The number of halogens is 7. The van der Waals surface area contributed by atoms with Crippen molar-refractivity contribution in [3.05, 3.63) is 73.3 Å². The number of fused-ring (bicyclic) bond motifs is 2. The first kappa shape index (κ1) is 17.6. The SMILES string of the molecule is Fc1c(Br)ccc(Cl)c1C1=C2C=CC(Br)=[N+]2[B-](F)(F)n2c(Br)ccc21. The van der Waals surface area contributed by atoms with E-state index in [4.69, 9.17) is 11.6 Å². The standard InChI is InChI=1S/C15H6BBr3ClF3N2/c17-7-1-2-8(20)13(15(7)21)14-9-3-5-11(18)24(9)16(22,23)25-10(14)4-6-12(25)19/h1-6H. The summed E-state index contributed by atoms with van der Waals surface area (Å²) in [5, 5.41) is 0.140. The van der Waals surface area contributed by atoms with Gasteiger partial charge in [-0.25, -0.2) is 4.39 Å². The molecule has 10 heteroatoms. The number of allylic oxidation sites excluding steroid dienone is 2. The molecule has 0 saturated heterocycles. The monoisotopic (exact) mass is 554 g/mol. The second kappa shape index (κ2) is 5.87. The molecule has 3 heterocycles. The van der Waals surface area contributed by atoms with Crippen molar-refractivity contribution in [1.82, 2.24) is 4.48 Å². The van der Waals surface area contributed by atoms with E-state index in [-0.39, 0.29) is 35.7 Å². The van der Waals surface area contributed by atoms with E-state index in [0.29, 0.717) is 5.57 Å². The Hall–Kier alpha value is -0.765. The lowest BCUT2D eigenvalue weighted by atomic mass is 9.86. The molecular weight excluding hydrogens is 551 g/mol. The van der Waals surface area contributed by atoms with E-state index in [1.54, 1.807) is 0 Å². The van der Waals surface area contributed by atoms with Crippen LogP contribution in [0.4, 0.5) is 13.0 Å². The molecule has 0 bridgehead atoms. The van der Waals surface area contributed by atoms with Crippen molar-refractivity contribution < 1.29 is 17.5 Å². The smallest absolute Gasteiger partial charge is 0.389 e.